The second-order valence-electron chi connectivity index (χ2n) is 5.27. The first-order valence-electron chi connectivity index (χ1n) is 6.67. The maximum absolute atomic E-state index is 12.2. The summed E-state index contributed by atoms with van der Waals surface area (Å²) in [7, 11) is -5.34. The number of benzene rings is 1. The largest absolute Gasteiger partial charge is 0.315 e. The number of sulfonamides is 1. The van der Waals surface area contributed by atoms with Gasteiger partial charge >= 0.3 is 0 Å². The van der Waals surface area contributed by atoms with Gasteiger partial charge in [0.2, 0.25) is 15.9 Å². The average molecular weight is 346 g/mol. The maximum atomic E-state index is 12.2. The summed E-state index contributed by atoms with van der Waals surface area (Å²) in [4.78, 5) is 13.2. The predicted molar refractivity (Wildman–Crippen MR) is 83.1 cm³/mol. The lowest BCUT2D eigenvalue weighted by atomic mass is 10.0. The van der Waals surface area contributed by atoms with Crippen LogP contribution in [0.25, 0.3) is 0 Å². The Morgan fingerprint density at radius 2 is 1.86 bits per heavy atom. The minimum Gasteiger partial charge on any atom is -0.315 e. The quantitative estimate of drug-likeness (QED) is 0.803. The van der Waals surface area contributed by atoms with Crippen LogP contribution >= 0.6 is 0 Å². The van der Waals surface area contributed by atoms with Crippen LogP contribution in [0.3, 0.4) is 0 Å². The number of hydrogen-bond acceptors (Lipinski definition) is 5. The van der Waals surface area contributed by atoms with Crippen LogP contribution in [0, 0.1) is 0 Å². The van der Waals surface area contributed by atoms with Crippen molar-refractivity contribution < 1.29 is 21.6 Å². The molecule has 0 bridgehead atoms. The fraction of sp³-hybridized carbons (Fsp3) is 0.462. The summed E-state index contributed by atoms with van der Waals surface area (Å²) in [5.41, 5.74) is 1.49. The molecule has 9 heteroatoms. The molecule has 0 atom stereocenters. The highest BCUT2D eigenvalue weighted by Gasteiger charge is 2.23. The van der Waals surface area contributed by atoms with Crippen LogP contribution in [-0.4, -0.2) is 48.3 Å². The molecule has 122 valence electrons. The third-order valence-corrected chi connectivity index (χ3v) is 5.87. The van der Waals surface area contributed by atoms with Crippen molar-refractivity contribution in [2.75, 3.05) is 30.5 Å². The van der Waals surface area contributed by atoms with Crippen molar-refractivity contribution in [1.29, 1.82) is 0 Å². The molecule has 1 N–H and O–H groups in total. The van der Waals surface area contributed by atoms with Crippen LogP contribution in [0.15, 0.2) is 23.1 Å². The smallest absolute Gasteiger partial charge is 0.240 e. The second-order valence-corrected chi connectivity index (χ2v) is 9.30. The van der Waals surface area contributed by atoms with Crippen LogP contribution in [-0.2, 0) is 31.1 Å². The van der Waals surface area contributed by atoms with Crippen LogP contribution in [0.4, 0.5) is 5.69 Å². The van der Waals surface area contributed by atoms with Crippen molar-refractivity contribution in [1.82, 2.24) is 4.72 Å². The van der Waals surface area contributed by atoms with Gasteiger partial charge in [0.15, 0.2) is 0 Å². The molecule has 22 heavy (non-hydrogen) atoms. The number of nitrogens with one attached hydrogen (secondary N) is 1. The summed E-state index contributed by atoms with van der Waals surface area (Å²) in [5.74, 6) is -0.261. The van der Waals surface area contributed by atoms with E-state index in [1.54, 1.807) is 13.1 Å². The average Bonchev–Trinajstić information content (AvgIpc) is 2.41. The van der Waals surface area contributed by atoms with E-state index < -0.39 is 19.9 Å². The third-order valence-electron chi connectivity index (χ3n) is 3.47. The number of amides is 1. The molecular formula is C13H18N2O5S2. The first kappa shape index (κ1) is 16.9. The number of anilines is 1. The Hall–Kier alpha value is -1.45. The van der Waals surface area contributed by atoms with E-state index in [0.29, 0.717) is 18.5 Å². The van der Waals surface area contributed by atoms with Crippen molar-refractivity contribution in [3.05, 3.63) is 23.8 Å². The molecule has 0 saturated heterocycles. The van der Waals surface area contributed by atoms with E-state index in [-0.39, 0.29) is 23.1 Å². The third kappa shape index (κ3) is 3.84. The maximum Gasteiger partial charge on any atom is 0.240 e. The number of sulfone groups is 1. The van der Waals surface area contributed by atoms with E-state index in [0.717, 1.165) is 11.8 Å². The Balaban J connectivity index is 2.21. The molecule has 0 spiro atoms. The zero-order valence-corrected chi connectivity index (χ0v) is 14.0. The van der Waals surface area contributed by atoms with E-state index in [1.165, 1.54) is 17.0 Å². The normalized spacial score (nSPS) is 15.7. The molecule has 1 aliphatic heterocycles. The van der Waals surface area contributed by atoms with Crippen molar-refractivity contribution in [2.45, 2.75) is 17.7 Å². The highest BCUT2D eigenvalue weighted by molar-refractivity contribution is 7.91. The van der Waals surface area contributed by atoms with Crippen LogP contribution in [0.5, 0.6) is 0 Å². The summed E-state index contributed by atoms with van der Waals surface area (Å²) in [6, 6.07) is 4.54. The number of rotatable bonds is 5. The minimum atomic E-state index is -3.77. The van der Waals surface area contributed by atoms with Crippen LogP contribution in [0.2, 0.25) is 0 Å². The van der Waals surface area contributed by atoms with Gasteiger partial charge in [-0.3, -0.25) is 4.79 Å². The topological polar surface area (TPSA) is 101 Å². The monoisotopic (exact) mass is 346 g/mol. The molecule has 2 rings (SSSR count). The zero-order valence-electron chi connectivity index (χ0n) is 12.4. The molecule has 0 saturated carbocycles. The van der Waals surface area contributed by atoms with Gasteiger partial charge in [0, 0.05) is 32.0 Å². The van der Waals surface area contributed by atoms with E-state index in [2.05, 4.69) is 4.72 Å². The van der Waals surface area contributed by atoms with Gasteiger partial charge in [0.25, 0.3) is 0 Å². The predicted octanol–water partition coefficient (Wildman–Crippen LogP) is -0.0815. The highest BCUT2D eigenvalue weighted by atomic mass is 32.2. The first-order valence-corrected chi connectivity index (χ1v) is 10.2. The molecule has 1 aromatic carbocycles. The van der Waals surface area contributed by atoms with Crippen molar-refractivity contribution in [3.63, 3.8) is 0 Å². The number of carbonyl (C=O) groups is 1. The molecule has 0 fully saturated rings. The van der Waals surface area contributed by atoms with Crippen molar-refractivity contribution in [2.24, 2.45) is 0 Å². The Morgan fingerprint density at radius 3 is 2.50 bits per heavy atom. The molecule has 7 nitrogen and oxygen atoms in total. The van der Waals surface area contributed by atoms with Crippen molar-refractivity contribution in [3.8, 4) is 0 Å². The number of aryl methyl sites for hydroxylation is 1. The molecule has 1 amide bonds. The minimum absolute atomic E-state index is 0.00520. The molecule has 0 unspecified atom stereocenters. The zero-order chi connectivity index (χ0) is 16.5. The fourth-order valence-corrected chi connectivity index (χ4v) is 3.93. The summed E-state index contributed by atoms with van der Waals surface area (Å²) >= 11 is 0. The van der Waals surface area contributed by atoms with Crippen LogP contribution in [0.1, 0.15) is 12.0 Å². The highest BCUT2D eigenvalue weighted by Crippen LogP contribution is 2.28. The van der Waals surface area contributed by atoms with Gasteiger partial charge in [0.05, 0.1) is 10.6 Å². The molecule has 1 aliphatic rings. The lowest BCUT2D eigenvalue weighted by molar-refractivity contribution is -0.118. The van der Waals surface area contributed by atoms with Gasteiger partial charge in [-0.1, -0.05) is 0 Å². The van der Waals surface area contributed by atoms with E-state index in [9.17, 15) is 21.6 Å². The van der Waals surface area contributed by atoms with Crippen molar-refractivity contribution >= 4 is 31.5 Å². The number of nitrogens with zero attached hydrogens (tertiary/aromatic N) is 1. The van der Waals surface area contributed by atoms with Gasteiger partial charge in [-0.25, -0.2) is 21.6 Å². The number of hydrogen-bond donors (Lipinski definition) is 1. The van der Waals surface area contributed by atoms with Gasteiger partial charge < -0.3 is 4.90 Å². The summed E-state index contributed by atoms with van der Waals surface area (Å²) in [5, 5.41) is 0. The Bertz CT molecular complexity index is 800. The Labute approximate surface area is 130 Å². The molecule has 1 aromatic rings. The summed E-state index contributed by atoms with van der Waals surface area (Å²) < 4.78 is 48.7. The SMILES string of the molecule is CN1C(=O)CCc2cc(S(=O)(=O)NCCS(C)(=O)=O)ccc21. The molecule has 0 aliphatic carbocycles. The lowest BCUT2D eigenvalue weighted by Crippen LogP contribution is -2.32. The summed E-state index contributed by atoms with van der Waals surface area (Å²) in [6.45, 7) is -0.170. The van der Waals surface area contributed by atoms with Gasteiger partial charge in [-0.05, 0) is 30.2 Å². The van der Waals surface area contributed by atoms with E-state index >= 15 is 0 Å². The summed E-state index contributed by atoms with van der Waals surface area (Å²) in [6.07, 6.45) is 1.88. The van der Waals surface area contributed by atoms with Crippen LogP contribution < -0.4 is 9.62 Å². The van der Waals surface area contributed by atoms with Gasteiger partial charge in [-0.2, -0.15) is 0 Å². The van der Waals surface area contributed by atoms with Gasteiger partial charge in [-0.15, -0.1) is 0 Å². The Morgan fingerprint density at radius 1 is 1.18 bits per heavy atom. The molecule has 0 radical (unpaired) electrons. The Kier molecular flexibility index (Phi) is 4.59. The standard InChI is InChI=1S/C13H18N2O5S2/c1-15-12-5-4-11(9-10(12)3-6-13(15)16)22(19,20)14-7-8-21(2,17)18/h4-5,9,14H,3,6-8H2,1-2H3. The fourth-order valence-electron chi connectivity index (χ4n) is 2.24. The molecular weight excluding hydrogens is 328 g/mol. The van der Waals surface area contributed by atoms with Gasteiger partial charge in [0.1, 0.15) is 9.84 Å². The number of fused-ring (bicyclic) bond motifs is 1. The first-order chi connectivity index (χ1) is 10.1. The molecule has 0 aromatic heterocycles. The molecule has 1 heterocycles. The second kappa shape index (κ2) is 5.98. The lowest BCUT2D eigenvalue weighted by Gasteiger charge is -2.26. The van der Waals surface area contributed by atoms with E-state index in [4.69, 9.17) is 0 Å². The van der Waals surface area contributed by atoms with E-state index in [1.807, 2.05) is 0 Å². The number of carbonyl (C=O) groups excluding carboxylic acids is 1.